The van der Waals surface area contributed by atoms with Gasteiger partial charge in [0.1, 0.15) is 0 Å². The predicted octanol–water partition coefficient (Wildman–Crippen LogP) is 2.11. The van der Waals surface area contributed by atoms with Crippen LogP contribution in [0.1, 0.15) is 33.1 Å². The van der Waals surface area contributed by atoms with Crippen LogP contribution >= 0.6 is 0 Å². The summed E-state index contributed by atoms with van der Waals surface area (Å²) in [6.45, 7) is 4.65. The Bertz CT molecular complexity index is 210. The molecular formula is C10H18N2. The molecule has 1 heterocycles. The molecule has 0 amide bonds. The fourth-order valence-corrected chi connectivity index (χ4v) is 2.42. The monoisotopic (exact) mass is 166 g/mol. The van der Waals surface area contributed by atoms with E-state index in [2.05, 4.69) is 31.0 Å². The number of hydrogen-bond donors (Lipinski definition) is 0. The summed E-state index contributed by atoms with van der Waals surface area (Å²) >= 11 is 0. The Kier molecular flexibility index (Phi) is 1.85. The third kappa shape index (κ3) is 1.13. The highest BCUT2D eigenvalue weighted by Gasteiger charge is 2.35. The van der Waals surface area contributed by atoms with Crippen LogP contribution in [0.4, 0.5) is 0 Å². The lowest BCUT2D eigenvalue weighted by Gasteiger charge is -2.27. The molecule has 12 heavy (non-hydrogen) atoms. The van der Waals surface area contributed by atoms with Gasteiger partial charge in [-0.05, 0) is 32.1 Å². The van der Waals surface area contributed by atoms with Gasteiger partial charge in [-0.25, -0.2) is 0 Å². The van der Waals surface area contributed by atoms with Crippen molar-refractivity contribution >= 4 is 5.71 Å². The van der Waals surface area contributed by atoms with Crippen molar-refractivity contribution in [3.63, 3.8) is 0 Å². The van der Waals surface area contributed by atoms with Gasteiger partial charge in [0.2, 0.25) is 0 Å². The Balaban J connectivity index is 2.14. The molecule has 0 N–H and O–H groups in total. The van der Waals surface area contributed by atoms with Crippen molar-refractivity contribution in [3.8, 4) is 0 Å². The summed E-state index contributed by atoms with van der Waals surface area (Å²) in [6, 6.07) is 0.641. The van der Waals surface area contributed by atoms with E-state index in [1.54, 1.807) is 0 Å². The van der Waals surface area contributed by atoms with Crippen LogP contribution in [0.3, 0.4) is 0 Å². The Hall–Kier alpha value is -0.530. The van der Waals surface area contributed by atoms with E-state index >= 15 is 0 Å². The molecule has 0 aromatic carbocycles. The lowest BCUT2D eigenvalue weighted by Crippen LogP contribution is -2.31. The van der Waals surface area contributed by atoms with Crippen molar-refractivity contribution in [1.82, 2.24) is 5.01 Å². The molecule has 1 saturated carbocycles. The molecule has 0 saturated heterocycles. The molecule has 3 unspecified atom stereocenters. The average Bonchev–Trinajstić information content (AvgIpc) is 2.31. The largest absolute Gasteiger partial charge is 0.297 e. The third-order valence-electron chi connectivity index (χ3n) is 3.44. The van der Waals surface area contributed by atoms with E-state index in [-0.39, 0.29) is 0 Å². The second kappa shape index (κ2) is 2.75. The second-order valence-corrected chi connectivity index (χ2v) is 4.39. The molecule has 1 aliphatic heterocycles. The van der Waals surface area contributed by atoms with Gasteiger partial charge < -0.3 is 0 Å². The minimum Gasteiger partial charge on any atom is -0.297 e. The van der Waals surface area contributed by atoms with Crippen LogP contribution < -0.4 is 0 Å². The van der Waals surface area contributed by atoms with Crippen molar-refractivity contribution in [1.29, 1.82) is 0 Å². The second-order valence-electron chi connectivity index (χ2n) is 4.39. The number of fused-ring (bicyclic) bond motifs is 1. The van der Waals surface area contributed by atoms with E-state index in [4.69, 9.17) is 0 Å². The highest BCUT2D eigenvalue weighted by Crippen LogP contribution is 2.34. The molecule has 0 radical (unpaired) electrons. The maximum absolute atomic E-state index is 4.58. The van der Waals surface area contributed by atoms with Crippen molar-refractivity contribution in [3.05, 3.63) is 0 Å². The van der Waals surface area contributed by atoms with Crippen LogP contribution in [0.5, 0.6) is 0 Å². The van der Waals surface area contributed by atoms with Gasteiger partial charge in [-0.2, -0.15) is 5.10 Å². The molecule has 0 bridgehead atoms. The lowest BCUT2D eigenvalue weighted by atomic mass is 9.78. The van der Waals surface area contributed by atoms with E-state index in [1.165, 1.54) is 25.0 Å². The molecule has 1 fully saturated rings. The predicted molar refractivity (Wildman–Crippen MR) is 51.2 cm³/mol. The molecule has 68 valence electrons. The Morgan fingerprint density at radius 1 is 1.42 bits per heavy atom. The van der Waals surface area contributed by atoms with Gasteiger partial charge in [-0.3, -0.25) is 5.01 Å². The normalized spacial score (nSPS) is 41.1. The van der Waals surface area contributed by atoms with Crippen molar-refractivity contribution in [2.45, 2.75) is 39.2 Å². The zero-order valence-electron chi connectivity index (χ0n) is 8.25. The molecule has 3 atom stereocenters. The van der Waals surface area contributed by atoms with Gasteiger partial charge in [0.25, 0.3) is 0 Å². The lowest BCUT2D eigenvalue weighted by molar-refractivity contribution is 0.241. The molecule has 2 rings (SSSR count). The molecule has 2 aliphatic rings. The molecule has 2 nitrogen and oxygen atoms in total. The average molecular weight is 166 g/mol. The molecule has 0 aromatic heterocycles. The zero-order chi connectivity index (χ0) is 8.72. The summed E-state index contributed by atoms with van der Waals surface area (Å²) in [7, 11) is 2.10. The highest BCUT2D eigenvalue weighted by atomic mass is 15.5. The maximum Gasteiger partial charge on any atom is 0.0520 e. The number of rotatable bonds is 0. The van der Waals surface area contributed by atoms with Crippen molar-refractivity contribution < 1.29 is 0 Å². The zero-order valence-corrected chi connectivity index (χ0v) is 8.25. The van der Waals surface area contributed by atoms with E-state index in [0.717, 1.165) is 11.8 Å². The topological polar surface area (TPSA) is 15.6 Å². The molecule has 0 spiro atoms. The SMILES string of the molecule is CC1CCC2=NN(C)C(C)C2C1. The van der Waals surface area contributed by atoms with Crippen LogP contribution in [0.15, 0.2) is 5.10 Å². The fraction of sp³-hybridized carbons (Fsp3) is 0.900. The van der Waals surface area contributed by atoms with Gasteiger partial charge in [0.05, 0.1) is 6.04 Å². The Labute approximate surface area is 74.6 Å². The molecule has 0 aromatic rings. The van der Waals surface area contributed by atoms with E-state index < -0.39 is 0 Å². The number of hydrazone groups is 1. The number of nitrogens with zero attached hydrogens (tertiary/aromatic N) is 2. The van der Waals surface area contributed by atoms with Gasteiger partial charge >= 0.3 is 0 Å². The molecule has 1 aliphatic carbocycles. The highest BCUT2D eigenvalue weighted by molar-refractivity contribution is 5.89. The summed E-state index contributed by atoms with van der Waals surface area (Å²) in [5.41, 5.74) is 1.46. The summed E-state index contributed by atoms with van der Waals surface area (Å²) in [5.74, 6) is 1.67. The van der Waals surface area contributed by atoms with Crippen molar-refractivity contribution in [2.24, 2.45) is 16.9 Å². The quantitative estimate of drug-likeness (QED) is 0.538. The van der Waals surface area contributed by atoms with Gasteiger partial charge in [-0.1, -0.05) is 6.92 Å². The summed E-state index contributed by atoms with van der Waals surface area (Å²) in [6.07, 6.45) is 3.93. The Morgan fingerprint density at radius 3 is 2.92 bits per heavy atom. The first-order valence-corrected chi connectivity index (χ1v) is 4.98. The summed E-state index contributed by atoms with van der Waals surface area (Å²) < 4.78 is 0. The van der Waals surface area contributed by atoms with Gasteiger partial charge in [0.15, 0.2) is 0 Å². The van der Waals surface area contributed by atoms with Gasteiger partial charge in [-0.15, -0.1) is 0 Å². The van der Waals surface area contributed by atoms with Crippen LogP contribution in [0, 0.1) is 11.8 Å². The Morgan fingerprint density at radius 2 is 2.17 bits per heavy atom. The summed E-state index contributed by atoms with van der Waals surface area (Å²) in [4.78, 5) is 0. The van der Waals surface area contributed by atoms with Crippen LogP contribution in [0.2, 0.25) is 0 Å². The van der Waals surface area contributed by atoms with Crippen LogP contribution in [-0.4, -0.2) is 23.8 Å². The first kappa shape index (κ1) is 8.09. The standard InChI is InChI=1S/C10H18N2/c1-7-4-5-10-9(6-7)8(2)12(3)11-10/h7-9H,4-6H2,1-3H3. The van der Waals surface area contributed by atoms with Crippen LogP contribution in [-0.2, 0) is 0 Å². The first-order valence-electron chi connectivity index (χ1n) is 4.98. The van der Waals surface area contributed by atoms with E-state index in [9.17, 15) is 0 Å². The summed E-state index contributed by atoms with van der Waals surface area (Å²) in [5, 5.41) is 6.71. The van der Waals surface area contributed by atoms with Gasteiger partial charge in [0, 0.05) is 18.7 Å². The number of hydrogen-bond acceptors (Lipinski definition) is 2. The third-order valence-corrected chi connectivity index (χ3v) is 3.44. The van der Waals surface area contributed by atoms with E-state index in [1.807, 2.05) is 0 Å². The first-order chi connectivity index (χ1) is 5.68. The molecular weight excluding hydrogens is 148 g/mol. The smallest absolute Gasteiger partial charge is 0.0520 e. The van der Waals surface area contributed by atoms with E-state index in [0.29, 0.717) is 6.04 Å². The minimum atomic E-state index is 0.641. The van der Waals surface area contributed by atoms with Crippen molar-refractivity contribution in [2.75, 3.05) is 7.05 Å². The maximum atomic E-state index is 4.58. The fourth-order valence-electron chi connectivity index (χ4n) is 2.42. The minimum absolute atomic E-state index is 0.641. The molecule has 2 heteroatoms. The van der Waals surface area contributed by atoms with Crippen LogP contribution in [0.25, 0.3) is 0 Å².